The molecule has 0 atom stereocenters. The lowest BCUT2D eigenvalue weighted by Crippen LogP contribution is -2.32. The summed E-state index contributed by atoms with van der Waals surface area (Å²) in [6.45, 7) is 4.61. The molecule has 2 aromatic heterocycles. The molecule has 3 rings (SSSR count). The van der Waals surface area contributed by atoms with E-state index in [1.807, 2.05) is 13.8 Å². The van der Waals surface area contributed by atoms with E-state index in [0.29, 0.717) is 29.4 Å². The Kier molecular flexibility index (Phi) is 4.82. The van der Waals surface area contributed by atoms with E-state index < -0.39 is 12.0 Å². The van der Waals surface area contributed by atoms with Gasteiger partial charge < -0.3 is 19.2 Å². The first-order valence-corrected chi connectivity index (χ1v) is 8.65. The topological polar surface area (TPSA) is 89.8 Å². The van der Waals surface area contributed by atoms with Gasteiger partial charge in [-0.3, -0.25) is 5.32 Å². The minimum atomic E-state index is -0.462. The highest BCUT2D eigenvalue weighted by molar-refractivity contribution is 7.17. The second-order valence-electron chi connectivity index (χ2n) is 6.31. The van der Waals surface area contributed by atoms with E-state index in [2.05, 4.69) is 10.6 Å². The second-order valence-corrected chi connectivity index (χ2v) is 7.42. The Labute approximate surface area is 149 Å². The summed E-state index contributed by atoms with van der Waals surface area (Å²) in [6, 6.07) is 3.10. The quantitative estimate of drug-likeness (QED) is 0.813. The van der Waals surface area contributed by atoms with E-state index in [9.17, 15) is 9.59 Å². The van der Waals surface area contributed by atoms with Crippen molar-refractivity contribution in [2.75, 3.05) is 12.4 Å². The van der Waals surface area contributed by atoms with E-state index in [0.717, 1.165) is 10.4 Å². The number of anilines is 1. The van der Waals surface area contributed by atoms with E-state index in [1.54, 1.807) is 18.4 Å². The summed E-state index contributed by atoms with van der Waals surface area (Å²) in [6.07, 6.45) is 2.12. The maximum atomic E-state index is 12.3. The number of amides is 2. The first-order valence-electron chi connectivity index (χ1n) is 7.83. The van der Waals surface area contributed by atoms with Gasteiger partial charge in [-0.1, -0.05) is 0 Å². The van der Waals surface area contributed by atoms with Crippen molar-refractivity contribution in [1.29, 1.82) is 0 Å². The Balaban J connectivity index is 1.79. The molecule has 0 radical (unpaired) electrons. The molecule has 1 aliphatic rings. The molecule has 134 valence electrons. The number of rotatable bonds is 4. The zero-order chi connectivity index (χ0) is 18.0. The van der Waals surface area contributed by atoms with E-state index in [1.165, 1.54) is 18.4 Å². The number of nitrogens with one attached hydrogen (secondary N) is 2. The Hall–Kier alpha value is -2.32. The summed E-state index contributed by atoms with van der Waals surface area (Å²) in [5.74, 6) is 0.181. The lowest BCUT2D eigenvalue weighted by Gasteiger charge is -2.30. The van der Waals surface area contributed by atoms with Gasteiger partial charge >= 0.3 is 12.0 Å². The number of hydrogen-bond acceptors (Lipinski definition) is 6. The van der Waals surface area contributed by atoms with Crippen LogP contribution in [0.15, 0.2) is 22.8 Å². The highest BCUT2D eigenvalue weighted by atomic mass is 32.1. The van der Waals surface area contributed by atoms with Crippen LogP contribution in [0.4, 0.5) is 9.80 Å². The highest BCUT2D eigenvalue weighted by Gasteiger charge is 2.34. The molecular formula is C17H20N2O5S. The van der Waals surface area contributed by atoms with E-state index >= 15 is 0 Å². The normalized spacial score (nSPS) is 15.3. The van der Waals surface area contributed by atoms with Gasteiger partial charge in [-0.25, -0.2) is 9.59 Å². The molecule has 0 unspecified atom stereocenters. The summed E-state index contributed by atoms with van der Waals surface area (Å²) in [5, 5.41) is 5.90. The van der Waals surface area contributed by atoms with Crippen molar-refractivity contribution in [2.24, 2.45) is 0 Å². The van der Waals surface area contributed by atoms with Crippen LogP contribution in [0, 0.1) is 0 Å². The molecule has 25 heavy (non-hydrogen) atoms. The van der Waals surface area contributed by atoms with Gasteiger partial charge in [0.25, 0.3) is 0 Å². The van der Waals surface area contributed by atoms with Gasteiger partial charge in [0.1, 0.15) is 10.8 Å². The van der Waals surface area contributed by atoms with Gasteiger partial charge in [0.15, 0.2) is 0 Å². The van der Waals surface area contributed by atoms with Crippen molar-refractivity contribution < 1.29 is 23.5 Å². The van der Waals surface area contributed by atoms with Crippen molar-refractivity contribution in [1.82, 2.24) is 5.32 Å². The maximum Gasteiger partial charge on any atom is 0.341 e. The SMILES string of the molecule is COC(=O)c1c(NC(=O)NCc2ccco2)sc2c1CC(C)(C)OC2. The van der Waals surface area contributed by atoms with Gasteiger partial charge in [-0.2, -0.15) is 0 Å². The molecule has 0 saturated heterocycles. The lowest BCUT2D eigenvalue weighted by atomic mass is 9.93. The van der Waals surface area contributed by atoms with Crippen LogP contribution < -0.4 is 10.6 Å². The minimum Gasteiger partial charge on any atom is -0.467 e. The first-order chi connectivity index (χ1) is 11.9. The fourth-order valence-electron chi connectivity index (χ4n) is 2.69. The number of ether oxygens (including phenoxy) is 2. The van der Waals surface area contributed by atoms with Crippen LogP contribution in [0.1, 0.15) is 40.4 Å². The smallest absolute Gasteiger partial charge is 0.341 e. The van der Waals surface area contributed by atoms with Crippen LogP contribution in [0.2, 0.25) is 0 Å². The summed E-state index contributed by atoms with van der Waals surface area (Å²) < 4.78 is 15.9. The minimum absolute atomic E-state index is 0.258. The largest absolute Gasteiger partial charge is 0.467 e. The van der Waals surface area contributed by atoms with Crippen LogP contribution in [0.25, 0.3) is 0 Å². The molecule has 1 aliphatic heterocycles. The average Bonchev–Trinajstić information content (AvgIpc) is 3.18. The molecule has 2 N–H and O–H groups in total. The number of carbonyl (C=O) groups excluding carboxylic acids is 2. The van der Waals surface area contributed by atoms with Crippen LogP contribution >= 0.6 is 11.3 Å². The van der Waals surface area contributed by atoms with Gasteiger partial charge in [0.2, 0.25) is 0 Å². The number of esters is 1. The number of methoxy groups -OCH3 is 1. The molecule has 0 fully saturated rings. The molecule has 2 amide bonds. The van der Waals surface area contributed by atoms with Gasteiger partial charge in [-0.15, -0.1) is 11.3 Å². The third-order valence-electron chi connectivity index (χ3n) is 3.91. The van der Waals surface area contributed by atoms with Gasteiger partial charge in [-0.05, 0) is 31.5 Å². The molecule has 0 spiro atoms. The zero-order valence-corrected chi connectivity index (χ0v) is 15.1. The fourth-order valence-corrected chi connectivity index (χ4v) is 3.80. The molecule has 0 aromatic carbocycles. The number of thiophene rings is 1. The number of hydrogen-bond donors (Lipinski definition) is 2. The van der Waals surface area contributed by atoms with Gasteiger partial charge in [0.05, 0.1) is 37.7 Å². The van der Waals surface area contributed by atoms with Crippen LogP contribution in [-0.2, 0) is 29.0 Å². The van der Waals surface area contributed by atoms with Crippen LogP contribution in [-0.4, -0.2) is 24.7 Å². The van der Waals surface area contributed by atoms with Crippen molar-refractivity contribution >= 4 is 28.3 Å². The monoisotopic (exact) mass is 364 g/mol. The predicted octanol–water partition coefficient (Wildman–Crippen LogP) is 3.30. The molecule has 3 heterocycles. The van der Waals surface area contributed by atoms with Crippen LogP contribution in [0.5, 0.6) is 0 Å². The molecule has 0 aliphatic carbocycles. The molecule has 2 aromatic rings. The zero-order valence-electron chi connectivity index (χ0n) is 14.3. The summed E-state index contributed by atoms with van der Waals surface area (Å²) >= 11 is 1.34. The molecular weight excluding hydrogens is 344 g/mol. The fraction of sp³-hybridized carbons (Fsp3) is 0.412. The van der Waals surface area contributed by atoms with Crippen molar-refractivity contribution in [3.05, 3.63) is 40.2 Å². The van der Waals surface area contributed by atoms with Crippen molar-refractivity contribution in [2.45, 2.75) is 39.0 Å². The second kappa shape index (κ2) is 6.89. The highest BCUT2D eigenvalue weighted by Crippen LogP contribution is 2.40. The summed E-state index contributed by atoms with van der Waals surface area (Å²) in [4.78, 5) is 25.4. The molecule has 8 heteroatoms. The third kappa shape index (κ3) is 3.85. The lowest BCUT2D eigenvalue weighted by molar-refractivity contribution is -0.0384. The van der Waals surface area contributed by atoms with E-state index in [4.69, 9.17) is 13.9 Å². The van der Waals surface area contributed by atoms with E-state index in [-0.39, 0.29) is 12.1 Å². The Morgan fingerprint density at radius 1 is 1.40 bits per heavy atom. The van der Waals surface area contributed by atoms with Gasteiger partial charge in [0, 0.05) is 11.3 Å². The Bertz CT molecular complexity index is 779. The maximum absolute atomic E-state index is 12.3. The predicted molar refractivity (Wildman–Crippen MR) is 92.8 cm³/mol. The molecule has 7 nitrogen and oxygen atoms in total. The molecule has 0 bridgehead atoms. The Morgan fingerprint density at radius 2 is 2.20 bits per heavy atom. The Morgan fingerprint density at radius 3 is 2.88 bits per heavy atom. The third-order valence-corrected chi connectivity index (χ3v) is 5.03. The van der Waals surface area contributed by atoms with Crippen molar-refractivity contribution in [3.8, 4) is 0 Å². The summed E-state index contributed by atoms with van der Waals surface area (Å²) in [5.41, 5.74) is 0.928. The number of fused-ring (bicyclic) bond motifs is 1. The first kappa shape index (κ1) is 17.5. The van der Waals surface area contributed by atoms with Crippen LogP contribution in [0.3, 0.4) is 0 Å². The molecule has 0 saturated carbocycles. The number of urea groups is 1. The standard InChI is InChI=1S/C17H20N2O5S/c1-17(2)7-11-12(9-24-17)25-14(13(11)15(20)22-3)19-16(21)18-8-10-5-4-6-23-10/h4-6H,7-9H2,1-3H3,(H2,18,19,21). The number of furan rings is 1. The summed E-state index contributed by atoms with van der Waals surface area (Å²) in [7, 11) is 1.33. The number of carbonyl (C=O) groups is 2. The van der Waals surface area contributed by atoms with Crippen molar-refractivity contribution in [3.63, 3.8) is 0 Å². The average molecular weight is 364 g/mol.